The fourth-order valence-electron chi connectivity index (χ4n) is 12.0. The van der Waals surface area contributed by atoms with Crippen LogP contribution >= 0.6 is 0 Å². The van der Waals surface area contributed by atoms with Gasteiger partial charge in [0.05, 0.1) is 44.5 Å². The minimum atomic E-state index is -3.02. The lowest BCUT2D eigenvalue weighted by Crippen LogP contribution is -2.75. The quantitative estimate of drug-likeness (QED) is 0.107. The first kappa shape index (κ1) is 40.1. The zero-order valence-corrected chi connectivity index (χ0v) is 39.3. The molecule has 14 aromatic rings. The standard InChI is InChI=1S/C66H45N3Si/c1-4-23-47(24-5-1)70(48-25-6-2-7-26-48,49-27-8-3-9-28-49)65-42-21-15-34-55(65)56-35-22-41-64(68-60-38-18-12-31-52(60)53-32-13-19-39-61(53)68)66(56)69-62-40-20-14-33-54(62)57-45-46(43-44-63(57)69)67-58-36-16-10-29-50(58)51-30-11-17-37-59(51)67/h1-45H. The maximum Gasteiger partial charge on any atom is 0.180 e. The fraction of sp³-hybridized carbons (Fsp3) is 0. The van der Waals surface area contributed by atoms with E-state index < -0.39 is 8.07 Å². The summed E-state index contributed by atoms with van der Waals surface area (Å²) in [6.45, 7) is 0. The monoisotopic (exact) mass is 907 g/mol. The normalized spacial score (nSPS) is 12.0. The Morgan fingerprint density at radius 2 is 0.614 bits per heavy atom. The molecule has 11 aromatic carbocycles. The summed E-state index contributed by atoms with van der Waals surface area (Å²) in [6.07, 6.45) is 0. The molecule has 0 amide bonds. The number of para-hydroxylation sites is 6. The Morgan fingerprint density at radius 1 is 0.243 bits per heavy atom. The van der Waals surface area contributed by atoms with E-state index in [0.717, 1.165) is 28.1 Å². The molecule has 3 heterocycles. The number of hydrogen-bond acceptors (Lipinski definition) is 0. The van der Waals surface area contributed by atoms with Gasteiger partial charge in [0.1, 0.15) is 0 Å². The summed E-state index contributed by atoms with van der Waals surface area (Å²) in [5, 5.41) is 12.8. The van der Waals surface area contributed by atoms with Crippen LogP contribution in [0.1, 0.15) is 0 Å². The highest BCUT2D eigenvalue weighted by Crippen LogP contribution is 2.43. The Morgan fingerprint density at radius 3 is 1.11 bits per heavy atom. The van der Waals surface area contributed by atoms with Crippen LogP contribution in [0.3, 0.4) is 0 Å². The highest BCUT2D eigenvalue weighted by atomic mass is 28.3. The maximum absolute atomic E-state index is 3.02. The first-order valence-electron chi connectivity index (χ1n) is 24.2. The molecule has 328 valence electrons. The van der Waals surface area contributed by atoms with Gasteiger partial charge in [-0.1, -0.05) is 218 Å². The molecule has 4 heteroatoms. The molecular weight excluding hydrogens is 863 g/mol. The van der Waals surface area contributed by atoms with E-state index in [4.69, 9.17) is 0 Å². The highest BCUT2D eigenvalue weighted by Gasteiger charge is 2.43. The Bertz CT molecular complexity index is 4090. The van der Waals surface area contributed by atoms with Crippen molar-refractivity contribution in [2.45, 2.75) is 0 Å². The molecule has 0 saturated carbocycles. The van der Waals surface area contributed by atoms with Crippen molar-refractivity contribution >= 4 is 94.2 Å². The molecule has 3 aromatic heterocycles. The molecule has 14 rings (SSSR count). The number of rotatable bonds is 8. The second-order valence-corrected chi connectivity index (χ2v) is 22.1. The SMILES string of the molecule is c1ccc([Si](c2ccccc2)(c2ccccc2)c2ccccc2-c2cccc(-n3c4ccccc4c4ccccc43)c2-n2c3ccccc3c3cc(-n4c5ccccc5c5ccccc54)ccc32)cc1. The summed E-state index contributed by atoms with van der Waals surface area (Å²) in [4.78, 5) is 0. The molecule has 0 aliphatic heterocycles. The Balaban J connectivity index is 1.13. The van der Waals surface area contributed by atoms with Gasteiger partial charge in [-0.15, -0.1) is 0 Å². The van der Waals surface area contributed by atoms with Crippen LogP contribution in [0.4, 0.5) is 0 Å². The van der Waals surface area contributed by atoms with Gasteiger partial charge in [0.2, 0.25) is 0 Å². The topological polar surface area (TPSA) is 14.8 Å². The first-order valence-corrected chi connectivity index (χ1v) is 26.2. The van der Waals surface area contributed by atoms with E-state index in [1.54, 1.807) is 0 Å². The first-order chi connectivity index (χ1) is 34.8. The second-order valence-electron chi connectivity index (χ2n) is 18.4. The van der Waals surface area contributed by atoms with Crippen LogP contribution in [0.5, 0.6) is 0 Å². The van der Waals surface area contributed by atoms with E-state index in [0.29, 0.717) is 0 Å². The van der Waals surface area contributed by atoms with Gasteiger partial charge in [-0.3, -0.25) is 0 Å². The Hall–Kier alpha value is -8.96. The smallest absolute Gasteiger partial charge is 0.180 e. The van der Waals surface area contributed by atoms with Gasteiger partial charge in [0.15, 0.2) is 8.07 Å². The van der Waals surface area contributed by atoms with Crippen LogP contribution in [-0.2, 0) is 0 Å². The summed E-state index contributed by atoms with van der Waals surface area (Å²) in [5.41, 5.74) is 12.8. The van der Waals surface area contributed by atoms with Crippen molar-refractivity contribution in [3.8, 4) is 28.2 Å². The molecule has 70 heavy (non-hydrogen) atoms. The number of fused-ring (bicyclic) bond motifs is 9. The van der Waals surface area contributed by atoms with Crippen LogP contribution in [0.15, 0.2) is 273 Å². The van der Waals surface area contributed by atoms with E-state index in [-0.39, 0.29) is 0 Å². The predicted octanol–water partition coefficient (Wildman–Crippen LogP) is 14.0. The number of aromatic nitrogens is 3. The molecule has 0 aliphatic carbocycles. The molecule has 0 spiro atoms. The third-order valence-corrected chi connectivity index (χ3v) is 19.6. The van der Waals surface area contributed by atoms with E-state index in [2.05, 4.69) is 287 Å². The summed E-state index contributed by atoms with van der Waals surface area (Å²) in [5.74, 6) is 0. The van der Waals surface area contributed by atoms with Gasteiger partial charge in [-0.25, -0.2) is 0 Å². The van der Waals surface area contributed by atoms with Gasteiger partial charge in [-0.05, 0) is 80.9 Å². The van der Waals surface area contributed by atoms with Gasteiger partial charge in [-0.2, -0.15) is 0 Å². The lowest BCUT2D eigenvalue weighted by molar-refractivity contribution is 1.10. The second kappa shape index (κ2) is 16.1. The van der Waals surface area contributed by atoms with Crippen molar-refractivity contribution in [1.29, 1.82) is 0 Å². The Kier molecular flexibility index (Phi) is 9.23. The molecule has 0 unspecified atom stereocenters. The van der Waals surface area contributed by atoms with Crippen molar-refractivity contribution in [3.63, 3.8) is 0 Å². The minimum absolute atomic E-state index is 1.12. The molecule has 3 nitrogen and oxygen atoms in total. The van der Waals surface area contributed by atoms with Crippen molar-refractivity contribution < 1.29 is 0 Å². The van der Waals surface area contributed by atoms with E-state index in [9.17, 15) is 0 Å². The predicted molar refractivity (Wildman–Crippen MR) is 299 cm³/mol. The van der Waals surface area contributed by atoms with Crippen molar-refractivity contribution in [3.05, 3.63) is 273 Å². The Labute approximate surface area is 407 Å². The largest absolute Gasteiger partial charge is 0.309 e. The molecule has 0 N–H and O–H groups in total. The van der Waals surface area contributed by atoms with Crippen LogP contribution in [0.25, 0.3) is 93.6 Å². The molecule has 0 saturated heterocycles. The number of nitrogens with zero attached hydrogens (tertiary/aromatic N) is 3. The average Bonchev–Trinajstić information content (AvgIpc) is 4.07. The summed E-state index contributed by atoms with van der Waals surface area (Å²) in [7, 11) is -3.02. The minimum Gasteiger partial charge on any atom is -0.309 e. The van der Waals surface area contributed by atoms with Gasteiger partial charge < -0.3 is 13.7 Å². The van der Waals surface area contributed by atoms with Crippen LogP contribution < -0.4 is 20.7 Å². The summed E-state index contributed by atoms with van der Waals surface area (Å²) in [6, 6.07) is 102. The molecule has 0 fully saturated rings. The van der Waals surface area contributed by atoms with E-state index >= 15 is 0 Å². The molecule has 0 atom stereocenters. The van der Waals surface area contributed by atoms with Crippen molar-refractivity contribution in [2.24, 2.45) is 0 Å². The van der Waals surface area contributed by atoms with Gasteiger partial charge in [0.25, 0.3) is 0 Å². The van der Waals surface area contributed by atoms with Crippen LogP contribution in [0, 0.1) is 0 Å². The number of hydrogen-bond donors (Lipinski definition) is 0. The zero-order valence-electron chi connectivity index (χ0n) is 38.3. The molecule has 0 aliphatic rings. The van der Waals surface area contributed by atoms with Crippen molar-refractivity contribution in [2.75, 3.05) is 0 Å². The third-order valence-electron chi connectivity index (χ3n) is 14.8. The van der Waals surface area contributed by atoms with Crippen LogP contribution in [0.2, 0.25) is 0 Å². The zero-order chi connectivity index (χ0) is 46.2. The average molecular weight is 908 g/mol. The third kappa shape index (κ3) is 5.87. The van der Waals surface area contributed by atoms with E-state index in [1.165, 1.54) is 86.3 Å². The molecule has 0 radical (unpaired) electrons. The van der Waals surface area contributed by atoms with Gasteiger partial charge in [0, 0.05) is 43.6 Å². The fourth-order valence-corrected chi connectivity index (χ4v) is 16.9. The molecule has 0 bridgehead atoms. The van der Waals surface area contributed by atoms with E-state index in [1.807, 2.05) is 0 Å². The lowest BCUT2D eigenvalue weighted by Gasteiger charge is -2.36. The summed E-state index contributed by atoms with van der Waals surface area (Å²) < 4.78 is 7.52. The van der Waals surface area contributed by atoms with Crippen molar-refractivity contribution in [1.82, 2.24) is 13.7 Å². The number of benzene rings is 11. The highest BCUT2D eigenvalue weighted by molar-refractivity contribution is 7.20. The van der Waals surface area contributed by atoms with Crippen LogP contribution in [-0.4, -0.2) is 21.8 Å². The summed E-state index contributed by atoms with van der Waals surface area (Å²) >= 11 is 0. The lowest BCUT2D eigenvalue weighted by atomic mass is 10.0. The maximum atomic E-state index is 2.57. The van der Waals surface area contributed by atoms with Gasteiger partial charge >= 0.3 is 0 Å². The molecular formula is C66H45N3Si.